The number of anilines is 1. The van der Waals surface area contributed by atoms with Crippen LogP contribution in [0.2, 0.25) is 0 Å². The van der Waals surface area contributed by atoms with Crippen LogP contribution < -0.4 is 10.6 Å². The Balaban J connectivity index is 2.37. The molecule has 3 N–H and O–H groups in total. The number of nitrogens with zero attached hydrogens (tertiary/aromatic N) is 3. The Morgan fingerprint density at radius 3 is 2.71 bits per heavy atom. The second-order valence-corrected chi connectivity index (χ2v) is 4.38. The summed E-state index contributed by atoms with van der Waals surface area (Å²) >= 11 is 0. The number of aromatic nitrogens is 4. The molecular formula is C11H18N6. The number of hydrogen-bond acceptors (Lipinski definition) is 5. The monoisotopic (exact) mass is 234 g/mol. The van der Waals surface area contributed by atoms with Crippen LogP contribution in [0, 0.1) is 12.8 Å². The third kappa shape index (κ3) is 2.36. The van der Waals surface area contributed by atoms with Crippen LogP contribution in [0.5, 0.6) is 0 Å². The zero-order valence-corrected chi connectivity index (χ0v) is 10.6. The molecule has 0 aliphatic heterocycles. The fourth-order valence-corrected chi connectivity index (χ4v) is 1.77. The summed E-state index contributed by atoms with van der Waals surface area (Å²) in [5, 5.41) is 6.59. The molecule has 0 aliphatic carbocycles. The number of aromatic amines is 1. The standard InChI is InChI=1S/C11H18N6/c1-6(2)9(12-4)17-11-8-10(14-5-13-8)15-7(3)16-11/h5-6,9,12H,1-4H3,(H2,13,14,15,16,17). The van der Waals surface area contributed by atoms with Crippen molar-refractivity contribution in [1.82, 2.24) is 25.3 Å². The Kier molecular flexibility index (Phi) is 3.23. The predicted molar refractivity (Wildman–Crippen MR) is 67.7 cm³/mol. The fourth-order valence-electron chi connectivity index (χ4n) is 1.77. The minimum atomic E-state index is 0.163. The van der Waals surface area contributed by atoms with E-state index in [4.69, 9.17) is 0 Å². The molecule has 6 nitrogen and oxygen atoms in total. The normalized spacial score (nSPS) is 13.2. The van der Waals surface area contributed by atoms with Crippen LogP contribution in [0.15, 0.2) is 6.33 Å². The number of hydrogen-bond donors (Lipinski definition) is 3. The zero-order chi connectivity index (χ0) is 12.4. The van der Waals surface area contributed by atoms with Gasteiger partial charge in [-0.25, -0.2) is 15.0 Å². The summed E-state index contributed by atoms with van der Waals surface area (Å²) < 4.78 is 0. The van der Waals surface area contributed by atoms with E-state index in [0.717, 1.165) is 11.3 Å². The summed E-state index contributed by atoms with van der Waals surface area (Å²) in [6, 6.07) is 0. The van der Waals surface area contributed by atoms with Gasteiger partial charge in [0.15, 0.2) is 11.5 Å². The first-order valence-electron chi connectivity index (χ1n) is 5.73. The molecule has 1 atom stereocenters. The Morgan fingerprint density at radius 2 is 2.06 bits per heavy atom. The first-order valence-corrected chi connectivity index (χ1v) is 5.73. The fraction of sp³-hybridized carbons (Fsp3) is 0.545. The van der Waals surface area contributed by atoms with E-state index in [1.807, 2.05) is 14.0 Å². The second-order valence-electron chi connectivity index (χ2n) is 4.38. The van der Waals surface area contributed by atoms with Gasteiger partial charge in [0.1, 0.15) is 11.3 Å². The molecule has 17 heavy (non-hydrogen) atoms. The summed E-state index contributed by atoms with van der Waals surface area (Å²) in [7, 11) is 1.93. The quantitative estimate of drug-likeness (QED) is 0.694. The van der Waals surface area contributed by atoms with Crippen LogP contribution in [-0.4, -0.2) is 33.1 Å². The van der Waals surface area contributed by atoms with Crippen molar-refractivity contribution >= 4 is 17.0 Å². The molecular weight excluding hydrogens is 216 g/mol. The summed E-state index contributed by atoms with van der Waals surface area (Å²) in [6.45, 7) is 6.15. The third-order valence-electron chi connectivity index (χ3n) is 2.67. The molecule has 0 saturated carbocycles. The molecule has 1 unspecified atom stereocenters. The highest BCUT2D eigenvalue weighted by molar-refractivity contribution is 5.82. The highest BCUT2D eigenvalue weighted by Crippen LogP contribution is 2.18. The maximum atomic E-state index is 4.41. The molecule has 0 fully saturated rings. The van der Waals surface area contributed by atoms with Crippen LogP contribution in [0.4, 0.5) is 5.82 Å². The van der Waals surface area contributed by atoms with E-state index in [1.54, 1.807) is 6.33 Å². The van der Waals surface area contributed by atoms with E-state index in [1.165, 1.54) is 0 Å². The van der Waals surface area contributed by atoms with Gasteiger partial charge in [0.2, 0.25) is 0 Å². The van der Waals surface area contributed by atoms with Gasteiger partial charge in [-0.3, -0.25) is 0 Å². The van der Waals surface area contributed by atoms with Gasteiger partial charge in [0.25, 0.3) is 0 Å². The average Bonchev–Trinajstić information content (AvgIpc) is 2.72. The second kappa shape index (κ2) is 4.67. The van der Waals surface area contributed by atoms with Gasteiger partial charge in [0.05, 0.1) is 12.5 Å². The summed E-state index contributed by atoms with van der Waals surface area (Å²) in [5.74, 6) is 1.96. The van der Waals surface area contributed by atoms with Crippen LogP contribution in [0.25, 0.3) is 11.2 Å². The summed E-state index contributed by atoms with van der Waals surface area (Å²) in [4.78, 5) is 15.9. The van der Waals surface area contributed by atoms with Gasteiger partial charge in [-0.05, 0) is 19.9 Å². The lowest BCUT2D eigenvalue weighted by molar-refractivity contribution is 0.469. The van der Waals surface area contributed by atoms with Crippen molar-refractivity contribution in [3.63, 3.8) is 0 Å². The number of aryl methyl sites for hydroxylation is 1. The van der Waals surface area contributed by atoms with Crippen LogP contribution in [0.3, 0.4) is 0 Å². The Labute approximate surface area is 100 Å². The van der Waals surface area contributed by atoms with E-state index in [2.05, 4.69) is 44.4 Å². The largest absolute Gasteiger partial charge is 0.353 e. The number of fused-ring (bicyclic) bond motifs is 1. The Bertz CT molecular complexity index is 504. The number of imidazole rings is 1. The van der Waals surface area contributed by atoms with Crippen molar-refractivity contribution in [3.05, 3.63) is 12.2 Å². The van der Waals surface area contributed by atoms with Crippen molar-refractivity contribution in [3.8, 4) is 0 Å². The number of H-pyrrole nitrogens is 1. The van der Waals surface area contributed by atoms with Gasteiger partial charge >= 0.3 is 0 Å². The molecule has 92 valence electrons. The molecule has 0 aliphatic rings. The molecule has 0 amide bonds. The first-order chi connectivity index (χ1) is 8.11. The van der Waals surface area contributed by atoms with Crippen molar-refractivity contribution in [2.24, 2.45) is 5.92 Å². The minimum Gasteiger partial charge on any atom is -0.353 e. The molecule has 2 aromatic heterocycles. The Morgan fingerprint density at radius 1 is 1.29 bits per heavy atom. The lowest BCUT2D eigenvalue weighted by atomic mass is 10.1. The highest BCUT2D eigenvalue weighted by atomic mass is 15.2. The van der Waals surface area contributed by atoms with Gasteiger partial charge in [-0.15, -0.1) is 0 Å². The summed E-state index contributed by atoms with van der Waals surface area (Å²) in [6.07, 6.45) is 1.80. The van der Waals surface area contributed by atoms with Crippen molar-refractivity contribution in [2.45, 2.75) is 26.9 Å². The average molecular weight is 234 g/mol. The van der Waals surface area contributed by atoms with Gasteiger partial charge in [-0.1, -0.05) is 13.8 Å². The lowest BCUT2D eigenvalue weighted by Crippen LogP contribution is -2.38. The molecule has 2 aromatic rings. The summed E-state index contributed by atoms with van der Waals surface area (Å²) in [5.41, 5.74) is 1.54. The van der Waals surface area contributed by atoms with Gasteiger partial charge in [0, 0.05) is 0 Å². The Hall–Kier alpha value is -1.69. The topological polar surface area (TPSA) is 78.5 Å². The maximum Gasteiger partial charge on any atom is 0.183 e. The number of nitrogens with one attached hydrogen (secondary N) is 3. The smallest absolute Gasteiger partial charge is 0.183 e. The van der Waals surface area contributed by atoms with Gasteiger partial charge < -0.3 is 15.6 Å². The van der Waals surface area contributed by atoms with E-state index < -0.39 is 0 Å². The van der Waals surface area contributed by atoms with Crippen molar-refractivity contribution in [1.29, 1.82) is 0 Å². The van der Waals surface area contributed by atoms with Crippen LogP contribution in [-0.2, 0) is 0 Å². The minimum absolute atomic E-state index is 0.163. The molecule has 0 aromatic carbocycles. The lowest BCUT2D eigenvalue weighted by Gasteiger charge is -2.22. The van der Waals surface area contributed by atoms with Crippen molar-refractivity contribution < 1.29 is 0 Å². The van der Waals surface area contributed by atoms with E-state index in [0.29, 0.717) is 17.4 Å². The predicted octanol–water partition coefficient (Wildman–Crippen LogP) is 1.27. The van der Waals surface area contributed by atoms with Gasteiger partial charge in [-0.2, -0.15) is 0 Å². The highest BCUT2D eigenvalue weighted by Gasteiger charge is 2.14. The SMILES string of the molecule is CNC(Nc1nc(C)nc2nc[nH]c12)C(C)C. The first kappa shape index (κ1) is 11.8. The number of rotatable bonds is 4. The maximum absolute atomic E-state index is 4.41. The van der Waals surface area contributed by atoms with Crippen LogP contribution >= 0.6 is 0 Å². The molecule has 0 spiro atoms. The zero-order valence-electron chi connectivity index (χ0n) is 10.6. The molecule has 0 saturated heterocycles. The molecule has 2 heterocycles. The molecule has 0 radical (unpaired) electrons. The third-order valence-corrected chi connectivity index (χ3v) is 2.67. The molecule has 0 bridgehead atoms. The molecule has 2 rings (SSSR count). The van der Waals surface area contributed by atoms with E-state index in [-0.39, 0.29) is 6.17 Å². The van der Waals surface area contributed by atoms with Crippen molar-refractivity contribution in [2.75, 3.05) is 12.4 Å². The molecule has 6 heteroatoms. The van der Waals surface area contributed by atoms with E-state index in [9.17, 15) is 0 Å². The van der Waals surface area contributed by atoms with Crippen LogP contribution in [0.1, 0.15) is 19.7 Å². The van der Waals surface area contributed by atoms with E-state index >= 15 is 0 Å².